The molecular weight excluding hydrogens is 211 g/mol. The lowest BCUT2D eigenvalue weighted by Crippen LogP contribution is -2.44. The maximum absolute atomic E-state index is 10.0. The number of fused-ring (bicyclic) bond motifs is 2. The molecule has 2 rings (SSSR count). The Balaban J connectivity index is 0.000000720. The van der Waals surface area contributed by atoms with E-state index >= 15 is 0 Å². The number of nitrogens with zero attached hydrogens (tertiary/aromatic N) is 1. The summed E-state index contributed by atoms with van der Waals surface area (Å²) < 4.78 is 0. The number of hydrogen-bond acceptors (Lipinski definition) is 3. The van der Waals surface area contributed by atoms with Gasteiger partial charge in [-0.25, -0.2) is 0 Å². The first-order valence-electron chi connectivity index (χ1n) is 4.39. The Morgan fingerprint density at radius 1 is 1.46 bits per heavy atom. The first-order chi connectivity index (χ1) is 5.24. The second kappa shape index (κ2) is 4.80. The predicted octanol–water partition coefficient (Wildman–Crippen LogP) is 0.245. The average molecular weight is 229 g/mol. The molecule has 2 aliphatic heterocycles. The molecule has 2 fully saturated rings. The summed E-state index contributed by atoms with van der Waals surface area (Å²) in [5.41, 5.74) is 4.99. The Morgan fingerprint density at radius 3 is 2.69 bits per heavy atom. The maximum Gasteiger partial charge on any atom is 0.0935 e. The van der Waals surface area contributed by atoms with Crippen molar-refractivity contribution in [1.82, 2.24) is 4.90 Å². The molecule has 0 saturated carbocycles. The average Bonchev–Trinajstić information content (AvgIpc) is 2.25. The van der Waals surface area contributed by atoms with Crippen LogP contribution >= 0.6 is 24.8 Å². The van der Waals surface area contributed by atoms with Gasteiger partial charge in [-0.15, -0.1) is 24.8 Å². The van der Waals surface area contributed by atoms with Crippen LogP contribution in [0.4, 0.5) is 0 Å². The summed E-state index contributed by atoms with van der Waals surface area (Å²) in [5, 5.41) is 10.0. The molecule has 3 nitrogen and oxygen atoms in total. The van der Waals surface area contributed by atoms with Gasteiger partial charge in [0.25, 0.3) is 0 Å². The van der Waals surface area contributed by atoms with Crippen LogP contribution in [0.25, 0.3) is 0 Å². The summed E-state index contributed by atoms with van der Waals surface area (Å²) in [5.74, 6) is 0.446. The van der Waals surface area contributed by atoms with Crippen molar-refractivity contribution in [2.45, 2.75) is 18.4 Å². The van der Waals surface area contributed by atoms with Crippen molar-refractivity contribution < 1.29 is 5.11 Å². The lowest BCUT2D eigenvalue weighted by atomic mass is 9.87. The van der Waals surface area contributed by atoms with Gasteiger partial charge in [-0.1, -0.05) is 0 Å². The van der Waals surface area contributed by atoms with Crippen molar-refractivity contribution in [3.63, 3.8) is 0 Å². The van der Waals surface area contributed by atoms with Gasteiger partial charge in [0.2, 0.25) is 0 Å². The standard InChI is InChI=1S/C8H16N2O.2ClH/c9-5-8(11)6-10-3-1-2-7(8)4-10;;/h7,11H,1-6,9H2;2*1H/t7-,8-;;/m0../s1. The predicted molar refractivity (Wildman–Crippen MR) is 57.7 cm³/mol. The zero-order valence-corrected chi connectivity index (χ0v) is 9.24. The number of piperidine rings is 1. The summed E-state index contributed by atoms with van der Waals surface area (Å²) in [6.07, 6.45) is 2.39. The van der Waals surface area contributed by atoms with Crippen LogP contribution in [-0.4, -0.2) is 41.8 Å². The number of aliphatic hydroxyl groups is 1. The van der Waals surface area contributed by atoms with Gasteiger partial charge in [0.05, 0.1) is 5.60 Å². The maximum atomic E-state index is 10.0. The number of halogens is 2. The molecule has 2 saturated heterocycles. The van der Waals surface area contributed by atoms with E-state index < -0.39 is 5.60 Å². The van der Waals surface area contributed by atoms with Crippen LogP contribution in [-0.2, 0) is 0 Å². The third-order valence-corrected chi connectivity index (χ3v) is 3.12. The van der Waals surface area contributed by atoms with Crippen molar-refractivity contribution in [2.24, 2.45) is 11.7 Å². The molecule has 1 unspecified atom stereocenters. The van der Waals surface area contributed by atoms with E-state index in [1.165, 1.54) is 6.42 Å². The molecule has 0 aromatic heterocycles. The Labute approximate surface area is 91.5 Å². The SMILES string of the molecule is Cl.Cl.NC[C@]1(O)CN2CCC[C@H]1C2. The zero-order chi connectivity index (χ0) is 7.90. The van der Waals surface area contributed by atoms with Crippen molar-refractivity contribution in [3.05, 3.63) is 0 Å². The monoisotopic (exact) mass is 228 g/mol. The van der Waals surface area contributed by atoms with E-state index in [2.05, 4.69) is 4.90 Å². The van der Waals surface area contributed by atoms with E-state index in [4.69, 9.17) is 5.73 Å². The highest BCUT2D eigenvalue weighted by molar-refractivity contribution is 5.85. The summed E-state index contributed by atoms with van der Waals surface area (Å²) in [7, 11) is 0. The molecule has 13 heavy (non-hydrogen) atoms. The second-order valence-corrected chi connectivity index (χ2v) is 3.88. The molecule has 3 atom stereocenters. The van der Waals surface area contributed by atoms with Crippen LogP contribution < -0.4 is 5.73 Å². The van der Waals surface area contributed by atoms with E-state index in [0.29, 0.717) is 12.5 Å². The lowest BCUT2D eigenvalue weighted by molar-refractivity contribution is 0.0233. The van der Waals surface area contributed by atoms with Gasteiger partial charge < -0.3 is 15.7 Å². The molecule has 0 amide bonds. The van der Waals surface area contributed by atoms with Crippen LogP contribution in [0.1, 0.15) is 12.8 Å². The minimum absolute atomic E-state index is 0. The molecule has 80 valence electrons. The van der Waals surface area contributed by atoms with Crippen molar-refractivity contribution in [2.75, 3.05) is 26.2 Å². The molecule has 2 heterocycles. The molecule has 3 N–H and O–H groups in total. The highest BCUT2D eigenvalue weighted by Crippen LogP contribution is 2.34. The first-order valence-corrected chi connectivity index (χ1v) is 4.39. The molecular formula is C8H18Cl2N2O. The molecule has 0 radical (unpaired) electrons. The van der Waals surface area contributed by atoms with Crippen molar-refractivity contribution in [1.29, 1.82) is 0 Å². The minimum atomic E-state index is -0.559. The number of nitrogens with two attached hydrogens (primary N) is 1. The Bertz CT molecular complexity index is 170. The summed E-state index contributed by atoms with van der Waals surface area (Å²) >= 11 is 0. The summed E-state index contributed by atoms with van der Waals surface area (Å²) in [6, 6.07) is 0. The number of rotatable bonds is 1. The molecule has 0 aliphatic carbocycles. The molecule has 0 aromatic rings. The van der Waals surface area contributed by atoms with Gasteiger partial charge in [-0.05, 0) is 19.4 Å². The minimum Gasteiger partial charge on any atom is -0.387 e. The largest absolute Gasteiger partial charge is 0.387 e. The van der Waals surface area contributed by atoms with Crippen LogP contribution in [0.2, 0.25) is 0 Å². The number of hydrogen-bond donors (Lipinski definition) is 2. The third-order valence-electron chi connectivity index (χ3n) is 3.12. The molecule has 0 aromatic carbocycles. The quantitative estimate of drug-likeness (QED) is 0.677. The smallest absolute Gasteiger partial charge is 0.0935 e. The molecule has 0 spiro atoms. The Morgan fingerprint density at radius 2 is 2.15 bits per heavy atom. The first kappa shape index (κ1) is 13.5. The third kappa shape index (κ3) is 2.28. The van der Waals surface area contributed by atoms with Gasteiger partial charge >= 0.3 is 0 Å². The Hall–Kier alpha value is 0.460. The summed E-state index contributed by atoms with van der Waals surface area (Å²) in [6.45, 7) is 3.44. The molecule has 2 bridgehead atoms. The highest BCUT2D eigenvalue weighted by Gasteiger charge is 2.45. The fourth-order valence-corrected chi connectivity index (χ4v) is 2.39. The van der Waals surface area contributed by atoms with Gasteiger partial charge in [0.1, 0.15) is 0 Å². The summed E-state index contributed by atoms with van der Waals surface area (Å²) in [4.78, 5) is 2.32. The van der Waals surface area contributed by atoms with Crippen molar-refractivity contribution in [3.8, 4) is 0 Å². The molecule has 2 aliphatic rings. The normalized spacial score (nSPS) is 42.0. The van der Waals surface area contributed by atoms with Crippen molar-refractivity contribution >= 4 is 24.8 Å². The zero-order valence-electron chi connectivity index (χ0n) is 7.61. The lowest BCUT2D eigenvalue weighted by Gasteiger charge is -2.26. The Kier molecular flexibility index (Phi) is 4.97. The van der Waals surface area contributed by atoms with Crippen LogP contribution in [0, 0.1) is 5.92 Å². The van der Waals surface area contributed by atoms with Crippen LogP contribution in [0.3, 0.4) is 0 Å². The van der Waals surface area contributed by atoms with Crippen LogP contribution in [0.5, 0.6) is 0 Å². The van der Waals surface area contributed by atoms with Gasteiger partial charge in [-0.3, -0.25) is 0 Å². The van der Waals surface area contributed by atoms with Crippen LogP contribution in [0.15, 0.2) is 0 Å². The second-order valence-electron chi connectivity index (χ2n) is 3.88. The fourth-order valence-electron chi connectivity index (χ4n) is 2.39. The fraction of sp³-hybridized carbons (Fsp3) is 1.00. The van der Waals surface area contributed by atoms with Gasteiger partial charge in [0.15, 0.2) is 0 Å². The van der Waals surface area contributed by atoms with Gasteiger partial charge in [-0.2, -0.15) is 0 Å². The van der Waals surface area contributed by atoms with E-state index in [9.17, 15) is 5.11 Å². The highest BCUT2D eigenvalue weighted by atomic mass is 35.5. The van der Waals surface area contributed by atoms with E-state index in [-0.39, 0.29) is 24.8 Å². The van der Waals surface area contributed by atoms with E-state index in [1.807, 2.05) is 0 Å². The molecule has 5 heteroatoms. The van der Waals surface area contributed by atoms with E-state index in [1.54, 1.807) is 0 Å². The van der Waals surface area contributed by atoms with E-state index in [0.717, 1.165) is 26.1 Å². The topological polar surface area (TPSA) is 49.5 Å². The van der Waals surface area contributed by atoms with Gasteiger partial charge in [0, 0.05) is 25.6 Å².